The van der Waals surface area contributed by atoms with Gasteiger partial charge in [0.05, 0.1) is 31.5 Å². The van der Waals surface area contributed by atoms with Gasteiger partial charge in [-0.1, -0.05) is 51.1 Å². The lowest BCUT2D eigenvalue weighted by molar-refractivity contribution is -0.152. The van der Waals surface area contributed by atoms with Crippen molar-refractivity contribution in [1.82, 2.24) is 15.2 Å². The molecule has 0 spiro atoms. The van der Waals surface area contributed by atoms with Gasteiger partial charge in [-0.15, -0.1) is 0 Å². The first kappa shape index (κ1) is 31.5. The van der Waals surface area contributed by atoms with Crippen LogP contribution in [0.5, 0.6) is 11.5 Å². The van der Waals surface area contributed by atoms with Crippen molar-refractivity contribution in [2.75, 3.05) is 20.8 Å². The summed E-state index contributed by atoms with van der Waals surface area (Å²) in [6.07, 6.45) is 1.69. The van der Waals surface area contributed by atoms with E-state index in [9.17, 15) is 14.7 Å². The van der Waals surface area contributed by atoms with E-state index in [2.05, 4.69) is 5.32 Å². The van der Waals surface area contributed by atoms with E-state index in [0.29, 0.717) is 17.0 Å². The number of fused-ring (bicyclic) bond motifs is 1. The molecule has 2 N–H and O–H groups in total. The molecule has 1 aromatic heterocycles. The Hall–Kier alpha value is -3.89. The summed E-state index contributed by atoms with van der Waals surface area (Å²) in [6, 6.07) is 15.8. The van der Waals surface area contributed by atoms with Gasteiger partial charge < -0.3 is 29.4 Å². The highest BCUT2D eigenvalue weighted by molar-refractivity contribution is 5.89. The Morgan fingerprint density at radius 1 is 1.02 bits per heavy atom. The maximum absolute atomic E-state index is 13.0. The lowest BCUT2D eigenvalue weighted by Crippen LogP contribution is -2.59. The average Bonchev–Trinajstić information content (AvgIpc) is 3.69. The number of aromatic nitrogens is 1. The molecule has 1 saturated heterocycles. The Morgan fingerprint density at radius 2 is 1.75 bits per heavy atom. The van der Waals surface area contributed by atoms with Crippen LogP contribution in [-0.4, -0.2) is 78.3 Å². The Kier molecular flexibility index (Phi) is 9.60. The highest BCUT2D eigenvalue weighted by atomic mass is 16.6. The minimum Gasteiger partial charge on any atom is -0.497 e. The van der Waals surface area contributed by atoms with Crippen molar-refractivity contribution in [2.24, 2.45) is 5.41 Å². The number of methoxy groups -OCH3 is 2. The zero-order valence-corrected chi connectivity index (χ0v) is 26.1. The van der Waals surface area contributed by atoms with Crippen molar-refractivity contribution in [3.63, 3.8) is 0 Å². The van der Waals surface area contributed by atoms with Gasteiger partial charge in [0.2, 0.25) is 0 Å². The summed E-state index contributed by atoms with van der Waals surface area (Å²) in [5, 5.41) is 15.4. The standard InChI is InChI=1S/C34H43N3O7/c1-34(2,3)30(36-33(40)44-22-13-9-10-14-22)31(38)37-20-24(18-28(37)32(39)42-5)43-29-19-26(21-11-7-6-8-12-21)35-27-17-23(41-4)15-16-25(27)29/h6-8,11-12,15-17,19,22,24,28,30-31,38H,9-10,13-14,18,20H2,1-5H3,(H,36,40)/t24-,28+,30-,31?/m1/s1. The number of nitrogens with one attached hydrogen (secondary N) is 1. The minimum atomic E-state index is -1.21. The Bertz CT molecular complexity index is 1450. The van der Waals surface area contributed by atoms with Crippen LogP contribution in [0.4, 0.5) is 4.79 Å². The molecular formula is C34H43N3O7. The highest BCUT2D eigenvalue weighted by Crippen LogP contribution is 2.36. The van der Waals surface area contributed by atoms with Crippen LogP contribution in [0, 0.1) is 5.41 Å². The fourth-order valence-electron chi connectivity index (χ4n) is 6.15. The minimum absolute atomic E-state index is 0.115. The first-order valence-electron chi connectivity index (χ1n) is 15.3. The molecular weight excluding hydrogens is 562 g/mol. The number of likely N-dealkylation sites (tertiary alicyclic amines) is 1. The summed E-state index contributed by atoms with van der Waals surface area (Å²) < 4.78 is 22.8. The average molecular weight is 606 g/mol. The zero-order chi connectivity index (χ0) is 31.4. The normalized spacial score (nSPS) is 20.7. The van der Waals surface area contributed by atoms with Gasteiger partial charge in [0.15, 0.2) is 0 Å². The highest BCUT2D eigenvalue weighted by Gasteiger charge is 2.47. The third-order valence-electron chi connectivity index (χ3n) is 8.54. The number of rotatable bonds is 9. The Morgan fingerprint density at radius 3 is 2.41 bits per heavy atom. The zero-order valence-electron chi connectivity index (χ0n) is 26.1. The van der Waals surface area contributed by atoms with E-state index >= 15 is 0 Å². The first-order chi connectivity index (χ1) is 21.1. The number of carbonyl (C=O) groups is 2. The number of nitrogens with zero attached hydrogens (tertiary/aromatic N) is 2. The third-order valence-corrected chi connectivity index (χ3v) is 8.54. The molecule has 10 heteroatoms. The van der Waals surface area contributed by atoms with Crippen LogP contribution < -0.4 is 14.8 Å². The van der Waals surface area contributed by atoms with Gasteiger partial charge in [0.25, 0.3) is 0 Å². The number of benzene rings is 2. The smallest absolute Gasteiger partial charge is 0.407 e. The Labute approximate surface area is 258 Å². The van der Waals surface area contributed by atoms with E-state index in [1.807, 2.05) is 75.4 Å². The van der Waals surface area contributed by atoms with Crippen LogP contribution >= 0.6 is 0 Å². The summed E-state index contributed by atoms with van der Waals surface area (Å²) in [7, 11) is 2.94. The van der Waals surface area contributed by atoms with E-state index in [0.717, 1.165) is 42.3 Å². The molecule has 1 saturated carbocycles. The van der Waals surface area contributed by atoms with Gasteiger partial charge in [-0.2, -0.15) is 0 Å². The Balaban J connectivity index is 1.42. The van der Waals surface area contributed by atoms with Crippen LogP contribution in [0.1, 0.15) is 52.9 Å². The maximum atomic E-state index is 13.0. The molecule has 1 aliphatic carbocycles. The number of hydrogen-bond donors (Lipinski definition) is 2. The quantitative estimate of drug-likeness (QED) is 0.313. The van der Waals surface area contributed by atoms with Crippen LogP contribution in [0.3, 0.4) is 0 Å². The summed E-state index contributed by atoms with van der Waals surface area (Å²) in [5.74, 6) is 0.798. The van der Waals surface area contributed by atoms with Gasteiger partial charge in [0.1, 0.15) is 36.0 Å². The number of pyridine rings is 1. The van der Waals surface area contributed by atoms with Gasteiger partial charge >= 0.3 is 12.1 Å². The van der Waals surface area contributed by atoms with Crippen molar-refractivity contribution in [3.8, 4) is 22.8 Å². The van der Waals surface area contributed by atoms with Crippen molar-refractivity contribution in [1.29, 1.82) is 0 Å². The summed E-state index contributed by atoms with van der Waals surface area (Å²) >= 11 is 0. The number of amides is 1. The van der Waals surface area contributed by atoms with E-state index in [-0.39, 0.29) is 19.1 Å². The molecule has 2 aromatic carbocycles. The van der Waals surface area contributed by atoms with Crippen molar-refractivity contribution < 1.29 is 33.6 Å². The van der Waals surface area contributed by atoms with Crippen LogP contribution in [-0.2, 0) is 14.3 Å². The van der Waals surface area contributed by atoms with Crippen LogP contribution in [0.25, 0.3) is 22.2 Å². The fraction of sp³-hybridized carbons (Fsp3) is 0.500. The summed E-state index contributed by atoms with van der Waals surface area (Å²) in [4.78, 5) is 32.4. The third kappa shape index (κ3) is 7.08. The molecule has 1 amide bonds. The number of esters is 1. The summed E-state index contributed by atoms with van der Waals surface area (Å²) in [6.45, 7) is 6.01. The molecule has 2 fully saturated rings. The van der Waals surface area contributed by atoms with Gasteiger partial charge in [-0.05, 0) is 43.2 Å². The molecule has 10 nitrogen and oxygen atoms in total. The van der Waals surface area contributed by atoms with E-state index in [1.165, 1.54) is 7.11 Å². The molecule has 44 heavy (non-hydrogen) atoms. The van der Waals surface area contributed by atoms with Crippen molar-refractivity contribution in [3.05, 3.63) is 54.6 Å². The number of carbonyl (C=O) groups excluding carboxylic acids is 2. The lowest BCUT2D eigenvalue weighted by atomic mass is 9.85. The van der Waals surface area contributed by atoms with Gasteiger partial charge in [0, 0.05) is 36.0 Å². The lowest BCUT2D eigenvalue weighted by Gasteiger charge is -2.40. The van der Waals surface area contributed by atoms with E-state index in [4.69, 9.17) is 23.9 Å². The molecule has 2 aliphatic rings. The van der Waals surface area contributed by atoms with E-state index < -0.39 is 41.9 Å². The van der Waals surface area contributed by atoms with Gasteiger partial charge in [-0.3, -0.25) is 9.69 Å². The number of alkyl carbamates (subject to hydrolysis) is 1. The second-order valence-electron chi connectivity index (χ2n) is 12.7. The maximum Gasteiger partial charge on any atom is 0.407 e. The molecule has 0 bridgehead atoms. The SMILES string of the molecule is COC(=O)[C@@H]1C[C@@H](Oc2cc(-c3ccccc3)nc3cc(OC)ccc23)CN1C(O)[C@@H](NC(=O)OC1CCCC1)C(C)(C)C. The molecule has 1 aliphatic heterocycles. The van der Waals surface area contributed by atoms with Gasteiger partial charge in [-0.25, -0.2) is 9.78 Å². The number of hydrogen-bond acceptors (Lipinski definition) is 9. The number of ether oxygens (including phenoxy) is 4. The molecule has 5 rings (SSSR count). The second-order valence-corrected chi connectivity index (χ2v) is 12.7. The monoisotopic (exact) mass is 605 g/mol. The van der Waals surface area contributed by atoms with Crippen LogP contribution in [0.2, 0.25) is 0 Å². The molecule has 236 valence electrons. The molecule has 1 unspecified atom stereocenters. The summed E-state index contributed by atoms with van der Waals surface area (Å²) in [5.41, 5.74) is 1.82. The number of aliphatic hydroxyl groups excluding tert-OH is 1. The predicted molar refractivity (Wildman–Crippen MR) is 166 cm³/mol. The second kappa shape index (κ2) is 13.4. The van der Waals surface area contributed by atoms with E-state index in [1.54, 1.807) is 12.0 Å². The molecule has 0 radical (unpaired) electrons. The van der Waals surface area contributed by atoms with Crippen LogP contribution in [0.15, 0.2) is 54.6 Å². The predicted octanol–water partition coefficient (Wildman–Crippen LogP) is 5.31. The fourth-order valence-corrected chi connectivity index (χ4v) is 6.15. The molecule has 3 aromatic rings. The van der Waals surface area contributed by atoms with Crippen molar-refractivity contribution in [2.45, 2.75) is 83.4 Å². The van der Waals surface area contributed by atoms with Crippen molar-refractivity contribution >= 4 is 23.0 Å². The first-order valence-corrected chi connectivity index (χ1v) is 15.3. The molecule has 2 heterocycles. The number of aliphatic hydroxyl groups is 1. The largest absolute Gasteiger partial charge is 0.497 e. The topological polar surface area (TPSA) is 119 Å². The molecule has 4 atom stereocenters.